The smallest absolute Gasteiger partial charge is 0.218 e. The highest BCUT2D eigenvalue weighted by atomic mass is 127. The third-order valence-corrected chi connectivity index (χ3v) is 4.80. The number of guanidine groups is 1. The van der Waals surface area contributed by atoms with Crippen molar-refractivity contribution in [2.75, 3.05) is 39.5 Å². The van der Waals surface area contributed by atoms with Gasteiger partial charge in [-0.3, -0.25) is 0 Å². The van der Waals surface area contributed by atoms with E-state index in [9.17, 15) is 5.11 Å². The molecule has 0 amide bonds. The Morgan fingerprint density at radius 2 is 2.25 bits per heavy atom. The van der Waals surface area contributed by atoms with E-state index in [1.54, 1.807) is 6.20 Å². The molecule has 0 aromatic carbocycles. The summed E-state index contributed by atoms with van der Waals surface area (Å²) in [6, 6.07) is 3.91. The number of hydrogen-bond donors (Lipinski definition) is 3. The Morgan fingerprint density at radius 1 is 1.39 bits per heavy atom. The number of unbranched alkanes of at least 4 members (excludes halogenated alkanes) is 1. The highest BCUT2D eigenvalue weighted by molar-refractivity contribution is 14.0. The molecule has 160 valence electrons. The topological polar surface area (TPSA) is 88.0 Å². The summed E-state index contributed by atoms with van der Waals surface area (Å²) in [5, 5.41) is 16.1. The summed E-state index contributed by atoms with van der Waals surface area (Å²) in [5.41, 5.74) is 0.952. The van der Waals surface area contributed by atoms with Crippen LogP contribution in [0, 0.1) is 5.41 Å². The van der Waals surface area contributed by atoms with Gasteiger partial charge in [-0.05, 0) is 32.3 Å². The maximum Gasteiger partial charge on any atom is 0.218 e. The first-order valence-corrected chi connectivity index (χ1v) is 10.0. The van der Waals surface area contributed by atoms with Gasteiger partial charge < -0.3 is 25.2 Å². The Bertz CT molecular complexity index is 580. The maximum absolute atomic E-state index is 9.38. The van der Waals surface area contributed by atoms with Gasteiger partial charge in [-0.2, -0.15) is 0 Å². The summed E-state index contributed by atoms with van der Waals surface area (Å²) in [7, 11) is 0. The summed E-state index contributed by atoms with van der Waals surface area (Å²) >= 11 is 0. The SMILES string of the molecule is CCCCOc1ncccc1CN=C(NCC)NCC1(CCO)CCOC1.I. The van der Waals surface area contributed by atoms with Crippen LogP contribution in [0.5, 0.6) is 5.88 Å². The predicted molar refractivity (Wildman–Crippen MR) is 122 cm³/mol. The molecular formula is C20H35IN4O3. The van der Waals surface area contributed by atoms with Crippen molar-refractivity contribution < 1.29 is 14.6 Å². The summed E-state index contributed by atoms with van der Waals surface area (Å²) in [5.74, 6) is 1.41. The number of rotatable bonds is 11. The molecule has 0 bridgehead atoms. The predicted octanol–water partition coefficient (Wildman–Crippen LogP) is 2.72. The molecule has 1 aromatic rings. The van der Waals surface area contributed by atoms with Gasteiger partial charge in [0.2, 0.25) is 5.88 Å². The Labute approximate surface area is 185 Å². The van der Waals surface area contributed by atoms with Gasteiger partial charge >= 0.3 is 0 Å². The summed E-state index contributed by atoms with van der Waals surface area (Å²) < 4.78 is 11.4. The molecular weight excluding hydrogens is 471 g/mol. The summed E-state index contributed by atoms with van der Waals surface area (Å²) in [6.07, 6.45) is 5.54. The van der Waals surface area contributed by atoms with E-state index in [1.165, 1.54) is 0 Å². The van der Waals surface area contributed by atoms with E-state index in [0.29, 0.717) is 25.6 Å². The van der Waals surface area contributed by atoms with E-state index in [4.69, 9.17) is 14.5 Å². The number of aliphatic hydroxyl groups is 1. The lowest BCUT2D eigenvalue weighted by Crippen LogP contribution is -2.44. The van der Waals surface area contributed by atoms with Gasteiger partial charge in [0.05, 0.1) is 19.8 Å². The minimum absolute atomic E-state index is 0. The maximum atomic E-state index is 9.38. The minimum atomic E-state index is -0.0202. The second kappa shape index (κ2) is 13.9. The third kappa shape index (κ3) is 8.08. The number of nitrogens with zero attached hydrogens (tertiary/aromatic N) is 2. The van der Waals surface area contributed by atoms with Gasteiger partial charge in [0.1, 0.15) is 0 Å². The molecule has 1 atom stereocenters. The Hall–Kier alpha value is -1.13. The number of nitrogens with one attached hydrogen (secondary N) is 2. The second-order valence-corrected chi connectivity index (χ2v) is 6.99. The normalized spacial score (nSPS) is 19.2. The molecule has 7 nitrogen and oxygen atoms in total. The standard InChI is InChI=1S/C20H34N4O3.HI/c1-3-5-12-27-18-17(7-6-10-22-18)14-23-19(21-4-2)24-15-20(8-11-25)9-13-26-16-20;/h6-7,10,25H,3-5,8-9,11-16H2,1-2H3,(H2,21,23,24);1H. The van der Waals surface area contributed by atoms with Crippen molar-refractivity contribution in [2.45, 2.75) is 46.1 Å². The molecule has 1 saturated heterocycles. The van der Waals surface area contributed by atoms with E-state index in [2.05, 4.69) is 22.5 Å². The van der Waals surface area contributed by atoms with Crippen LogP contribution in [-0.2, 0) is 11.3 Å². The lowest BCUT2D eigenvalue weighted by atomic mass is 9.84. The van der Waals surface area contributed by atoms with E-state index in [-0.39, 0.29) is 36.0 Å². The number of pyridine rings is 1. The Morgan fingerprint density at radius 3 is 2.93 bits per heavy atom. The van der Waals surface area contributed by atoms with Gasteiger partial charge in [-0.15, -0.1) is 24.0 Å². The van der Waals surface area contributed by atoms with Crippen LogP contribution in [0.25, 0.3) is 0 Å². The largest absolute Gasteiger partial charge is 0.477 e. The van der Waals surface area contributed by atoms with Gasteiger partial charge in [0.25, 0.3) is 0 Å². The zero-order valence-corrected chi connectivity index (χ0v) is 19.4. The van der Waals surface area contributed by atoms with Crippen LogP contribution in [0.15, 0.2) is 23.3 Å². The highest BCUT2D eigenvalue weighted by Crippen LogP contribution is 2.31. The van der Waals surface area contributed by atoms with Crippen molar-refractivity contribution in [1.82, 2.24) is 15.6 Å². The van der Waals surface area contributed by atoms with E-state index < -0.39 is 0 Å². The van der Waals surface area contributed by atoms with Crippen LogP contribution in [0.1, 0.15) is 45.1 Å². The lowest BCUT2D eigenvalue weighted by molar-refractivity contribution is 0.127. The molecule has 3 N–H and O–H groups in total. The van der Waals surface area contributed by atoms with E-state index in [0.717, 1.165) is 56.9 Å². The van der Waals surface area contributed by atoms with Crippen molar-refractivity contribution >= 4 is 29.9 Å². The molecule has 2 rings (SSSR count). The number of aliphatic imine (C=N–C) groups is 1. The zero-order chi connectivity index (χ0) is 19.4. The van der Waals surface area contributed by atoms with Crippen LogP contribution in [0.4, 0.5) is 0 Å². The second-order valence-electron chi connectivity index (χ2n) is 6.99. The van der Waals surface area contributed by atoms with Crippen LogP contribution in [-0.4, -0.2) is 55.6 Å². The molecule has 1 unspecified atom stereocenters. The highest BCUT2D eigenvalue weighted by Gasteiger charge is 2.34. The monoisotopic (exact) mass is 506 g/mol. The molecule has 1 aliphatic rings. The fraction of sp³-hybridized carbons (Fsp3) is 0.700. The molecule has 8 heteroatoms. The molecule has 28 heavy (non-hydrogen) atoms. The van der Waals surface area contributed by atoms with Gasteiger partial charge in [-0.1, -0.05) is 19.4 Å². The molecule has 1 fully saturated rings. The van der Waals surface area contributed by atoms with Crippen LogP contribution < -0.4 is 15.4 Å². The fourth-order valence-electron chi connectivity index (χ4n) is 3.08. The number of ether oxygens (including phenoxy) is 2. The van der Waals surface area contributed by atoms with E-state index >= 15 is 0 Å². The summed E-state index contributed by atoms with van der Waals surface area (Å²) in [4.78, 5) is 9.04. The average molecular weight is 506 g/mol. The zero-order valence-electron chi connectivity index (χ0n) is 17.1. The molecule has 0 aliphatic carbocycles. The Kier molecular flexibility index (Phi) is 12.4. The van der Waals surface area contributed by atoms with Gasteiger partial charge in [-0.25, -0.2) is 9.98 Å². The van der Waals surface area contributed by atoms with Crippen LogP contribution in [0.2, 0.25) is 0 Å². The van der Waals surface area contributed by atoms with Crippen molar-refractivity contribution in [3.63, 3.8) is 0 Å². The number of aromatic nitrogens is 1. The molecule has 0 saturated carbocycles. The molecule has 1 aromatic heterocycles. The van der Waals surface area contributed by atoms with Crippen LogP contribution >= 0.6 is 24.0 Å². The van der Waals surface area contributed by atoms with Crippen molar-refractivity contribution in [3.8, 4) is 5.88 Å². The fourth-order valence-corrected chi connectivity index (χ4v) is 3.08. The minimum Gasteiger partial charge on any atom is -0.477 e. The van der Waals surface area contributed by atoms with E-state index in [1.807, 2.05) is 19.1 Å². The van der Waals surface area contributed by atoms with Gasteiger partial charge in [0, 0.05) is 43.5 Å². The third-order valence-electron chi connectivity index (χ3n) is 4.80. The number of halogens is 1. The first-order valence-electron chi connectivity index (χ1n) is 10.0. The first-order chi connectivity index (χ1) is 13.2. The lowest BCUT2D eigenvalue weighted by Gasteiger charge is -2.27. The molecule has 2 heterocycles. The molecule has 0 radical (unpaired) electrons. The quantitative estimate of drug-likeness (QED) is 0.185. The van der Waals surface area contributed by atoms with Crippen molar-refractivity contribution in [1.29, 1.82) is 0 Å². The van der Waals surface area contributed by atoms with Crippen molar-refractivity contribution in [3.05, 3.63) is 23.9 Å². The van der Waals surface area contributed by atoms with Crippen molar-refractivity contribution in [2.24, 2.45) is 10.4 Å². The molecule has 1 aliphatic heterocycles. The first kappa shape index (κ1) is 24.9. The van der Waals surface area contributed by atoms with Gasteiger partial charge in [0.15, 0.2) is 5.96 Å². The number of aliphatic hydroxyl groups excluding tert-OH is 1. The molecule has 0 spiro atoms. The van der Waals surface area contributed by atoms with Crippen LogP contribution in [0.3, 0.4) is 0 Å². The Balaban J connectivity index is 0.00000392. The average Bonchev–Trinajstić information content (AvgIpc) is 3.14. The summed E-state index contributed by atoms with van der Waals surface area (Å²) in [6.45, 7) is 8.46. The number of hydrogen-bond acceptors (Lipinski definition) is 5.